The number of carbonyl (C=O) groups is 1. The van der Waals surface area contributed by atoms with Crippen LogP contribution in [0, 0.1) is 5.92 Å². The van der Waals surface area contributed by atoms with Gasteiger partial charge in [-0.1, -0.05) is 13.8 Å². The molecule has 3 rings (SSSR count). The van der Waals surface area contributed by atoms with Gasteiger partial charge in [0, 0.05) is 32.1 Å². The van der Waals surface area contributed by atoms with E-state index < -0.39 is 0 Å². The number of nitrogens with zero attached hydrogens (tertiary/aromatic N) is 4. The Bertz CT molecular complexity index is 518. The zero-order chi connectivity index (χ0) is 16.2. The second-order valence-corrected chi connectivity index (χ2v) is 6.67. The van der Waals surface area contributed by atoms with Crippen molar-refractivity contribution in [1.82, 2.24) is 15.1 Å². The standard InChI is InChI=1S/C17H26N4O2/c1-13(2)15-3-4-16(19-18-15)20-7-5-14(6-8-20)17(22)21-9-11-23-12-10-21/h3-4,13-14H,5-12H2,1-2H3. The van der Waals surface area contributed by atoms with E-state index in [4.69, 9.17) is 4.74 Å². The minimum Gasteiger partial charge on any atom is -0.378 e. The van der Waals surface area contributed by atoms with Crippen LogP contribution in [-0.4, -0.2) is 60.4 Å². The monoisotopic (exact) mass is 318 g/mol. The SMILES string of the molecule is CC(C)c1ccc(N2CCC(C(=O)N3CCOCC3)CC2)nn1. The molecular weight excluding hydrogens is 292 g/mol. The van der Waals surface area contributed by atoms with E-state index in [0.717, 1.165) is 50.5 Å². The van der Waals surface area contributed by atoms with Crippen molar-refractivity contribution in [2.24, 2.45) is 5.92 Å². The molecule has 2 fully saturated rings. The lowest BCUT2D eigenvalue weighted by atomic mass is 9.95. The number of ether oxygens (including phenoxy) is 1. The van der Waals surface area contributed by atoms with Crippen molar-refractivity contribution >= 4 is 11.7 Å². The Morgan fingerprint density at radius 3 is 2.39 bits per heavy atom. The molecule has 3 heterocycles. The van der Waals surface area contributed by atoms with Gasteiger partial charge in [-0.3, -0.25) is 4.79 Å². The highest BCUT2D eigenvalue weighted by Gasteiger charge is 2.29. The van der Waals surface area contributed by atoms with Gasteiger partial charge in [0.1, 0.15) is 0 Å². The summed E-state index contributed by atoms with van der Waals surface area (Å²) < 4.78 is 5.32. The molecule has 0 saturated carbocycles. The first kappa shape index (κ1) is 16.2. The van der Waals surface area contributed by atoms with Gasteiger partial charge in [-0.05, 0) is 30.9 Å². The minimum atomic E-state index is 0.146. The molecular formula is C17H26N4O2. The predicted octanol–water partition coefficient (Wildman–Crippen LogP) is 1.68. The molecule has 6 nitrogen and oxygen atoms in total. The van der Waals surface area contributed by atoms with Gasteiger partial charge in [-0.2, -0.15) is 5.10 Å². The molecule has 23 heavy (non-hydrogen) atoms. The number of hydrogen-bond acceptors (Lipinski definition) is 5. The number of amides is 1. The molecule has 0 N–H and O–H groups in total. The summed E-state index contributed by atoms with van der Waals surface area (Å²) in [5, 5.41) is 8.65. The number of hydrogen-bond donors (Lipinski definition) is 0. The van der Waals surface area contributed by atoms with Crippen LogP contribution in [0.1, 0.15) is 38.3 Å². The van der Waals surface area contributed by atoms with Gasteiger partial charge in [-0.25, -0.2) is 0 Å². The van der Waals surface area contributed by atoms with Crippen LogP contribution in [-0.2, 0) is 9.53 Å². The number of morpholine rings is 1. The van der Waals surface area contributed by atoms with Gasteiger partial charge in [-0.15, -0.1) is 5.10 Å². The third-order valence-corrected chi connectivity index (χ3v) is 4.75. The summed E-state index contributed by atoms with van der Waals surface area (Å²) in [4.78, 5) is 16.7. The van der Waals surface area contributed by atoms with Crippen LogP contribution in [0.3, 0.4) is 0 Å². The molecule has 126 valence electrons. The number of piperidine rings is 1. The Balaban J connectivity index is 1.54. The number of aromatic nitrogens is 2. The lowest BCUT2D eigenvalue weighted by Crippen LogP contribution is -2.47. The van der Waals surface area contributed by atoms with Crippen LogP contribution in [0.2, 0.25) is 0 Å². The molecule has 2 saturated heterocycles. The van der Waals surface area contributed by atoms with E-state index in [2.05, 4.69) is 35.0 Å². The molecule has 0 aromatic carbocycles. The van der Waals surface area contributed by atoms with Gasteiger partial charge in [0.2, 0.25) is 5.91 Å². The molecule has 0 bridgehead atoms. The first-order valence-electron chi connectivity index (χ1n) is 8.60. The summed E-state index contributed by atoms with van der Waals surface area (Å²) in [5.41, 5.74) is 1.02. The second-order valence-electron chi connectivity index (χ2n) is 6.67. The van der Waals surface area contributed by atoms with Crippen molar-refractivity contribution in [3.05, 3.63) is 17.8 Å². The Labute approximate surface area is 137 Å². The maximum absolute atomic E-state index is 12.5. The first-order valence-corrected chi connectivity index (χ1v) is 8.60. The molecule has 1 aromatic heterocycles. The van der Waals surface area contributed by atoms with E-state index in [0.29, 0.717) is 25.0 Å². The van der Waals surface area contributed by atoms with Crippen molar-refractivity contribution in [2.75, 3.05) is 44.3 Å². The van der Waals surface area contributed by atoms with E-state index in [-0.39, 0.29) is 5.92 Å². The van der Waals surface area contributed by atoms with Crippen molar-refractivity contribution < 1.29 is 9.53 Å². The van der Waals surface area contributed by atoms with Gasteiger partial charge >= 0.3 is 0 Å². The zero-order valence-corrected chi connectivity index (χ0v) is 14.1. The molecule has 1 amide bonds. The van der Waals surface area contributed by atoms with Gasteiger partial charge in [0.25, 0.3) is 0 Å². The fourth-order valence-corrected chi connectivity index (χ4v) is 3.21. The fourth-order valence-electron chi connectivity index (χ4n) is 3.21. The Morgan fingerprint density at radius 2 is 1.83 bits per heavy atom. The molecule has 2 aliphatic heterocycles. The highest BCUT2D eigenvalue weighted by molar-refractivity contribution is 5.79. The Kier molecular flexibility index (Phi) is 5.10. The summed E-state index contributed by atoms with van der Waals surface area (Å²) in [5.74, 6) is 1.77. The van der Waals surface area contributed by atoms with Crippen LogP contribution in [0.4, 0.5) is 5.82 Å². The lowest BCUT2D eigenvalue weighted by molar-refractivity contribution is -0.140. The molecule has 0 atom stereocenters. The third-order valence-electron chi connectivity index (χ3n) is 4.75. The Morgan fingerprint density at radius 1 is 1.13 bits per heavy atom. The molecule has 1 aromatic rings. The van der Waals surface area contributed by atoms with E-state index >= 15 is 0 Å². The van der Waals surface area contributed by atoms with Crippen LogP contribution < -0.4 is 4.90 Å². The van der Waals surface area contributed by atoms with Crippen LogP contribution in [0.5, 0.6) is 0 Å². The molecule has 0 aliphatic carbocycles. The molecule has 0 spiro atoms. The van der Waals surface area contributed by atoms with E-state index in [9.17, 15) is 4.79 Å². The minimum absolute atomic E-state index is 0.146. The van der Waals surface area contributed by atoms with Crippen molar-refractivity contribution in [2.45, 2.75) is 32.6 Å². The Hall–Kier alpha value is -1.69. The maximum Gasteiger partial charge on any atom is 0.225 e. The smallest absolute Gasteiger partial charge is 0.225 e. The van der Waals surface area contributed by atoms with E-state index in [1.54, 1.807) is 0 Å². The highest BCUT2D eigenvalue weighted by atomic mass is 16.5. The number of carbonyl (C=O) groups excluding carboxylic acids is 1. The quantitative estimate of drug-likeness (QED) is 0.848. The van der Waals surface area contributed by atoms with Gasteiger partial charge < -0.3 is 14.5 Å². The lowest BCUT2D eigenvalue weighted by Gasteiger charge is -2.35. The zero-order valence-electron chi connectivity index (χ0n) is 14.1. The predicted molar refractivity (Wildman–Crippen MR) is 88.5 cm³/mol. The number of anilines is 1. The van der Waals surface area contributed by atoms with Crippen LogP contribution in [0.25, 0.3) is 0 Å². The van der Waals surface area contributed by atoms with E-state index in [1.165, 1.54) is 0 Å². The molecule has 0 unspecified atom stereocenters. The summed E-state index contributed by atoms with van der Waals surface area (Å²) in [6.45, 7) is 8.79. The first-order chi connectivity index (χ1) is 11.1. The van der Waals surface area contributed by atoms with Crippen LogP contribution >= 0.6 is 0 Å². The van der Waals surface area contributed by atoms with Crippen molar-refractivity contribution in [3.8, 4) is 0 Å². The average molecular weight is 318 g/mol. The largest absolute Gasteiger partial charge is 0.378 e. The highest BCUT2D eigenvalue weighted by Crippen LogP contribution is 2.24. The summed E-state index contributed by atoms with van der Waals surface area (Å²) >= 11 is 0. The molecule has 2 aliphatic rings. The maximum atomic E-state index is 12.5. The molecule has 0 radical (unpaired) electrons. The second kappa shape index (κ2) is 7.25. The van der Waals surface area contributed by atoms with Crippen molar-refractivity contribution in [3.63, 3.8) is 0 Å². The number of rotatable bonds is 3. The van der Waals surface area contributed by atoms with Gasteiger partial charge in [0.15, 0.2) is 5.82 Å². The summed E-state index contributed by atoms with van der Waals surface area (Å²) in [6, 6.07) is 4.10. The normalized spacial score (nSPS) is 20.1. The molecule has 6 heteroatoms. The topological polar surface area (TPSA) is 58.6 Å². The van der Waals surface area contributed by atoms with Crippen molar-refractivity contribution in [1.29, 1.82) is 0 Å². The summed E-state index contributed by atoms with van der Waals surface area (Å²) in [7, 11) is 0. The van der Waals surface area contributed by atoms with Crippen LogP contribution in [0.15, 0.2) is 12.1 Å². The van der Waals surface area contributed by atoms with Gasteiger partial charge in [0.05, 0.1) is 18.9 Å². The average Bonchev–Trinajstić information content (AvgIpc) is 2.62. The van der Waals surface area contributed by atoms with E-state index in [1.807, 2.05) is 11.0 Å². The summed E-state index contributed by atoms with van der Waals surface area (Å²) in [6.07, 6.45) is 1.79. The fraction of sp³-hybridized carbons (Fsp3) is 0.706. The third kappa shape index (κ3) is 3.80.